The third-order valence-electron chi connectivity index (χ3n) is 6.17. The zero-order valence-electron chi connectivity index (χ0n) is 15.3. The molecule has 2 aliphatic carbocycles. The number of para-hydroxylation sites is 2. The molecule has 26 heavy (non-hydrogen) atoms. The van der Waals surface area contributed by atoms with E-state index in [-0.39, 0.29) is 25.1 Å². The van der Waals surface area contributed by atoms with E-state index in [2.05, 4.69) is 22.5 Å². The molecule has 4 rings (SSSR count). The lowest BCUT2D eigenvalue weighted by molar-refractivity contribution is -0.122. The highest BCUT2D eigenvalue weighted by Gasteiger charge is 2.42. The van der Waals surface area contributed by atoms with Crippen molar-refractivity contribution in [2.75, 3.05) is 18.5 Å². The highest BCUT2D eigenvalue weighted by molar-refractivity contribution is 5.83. The highest BCUT2D eigenvalue weighted by Crippen LogP contribution is 2.49. The fourth-order valence-electron chi connectivity index (χ4n) is 4.99. The van der Waals surface area contributed by atoms with E-state index in [1.807, 2.05) is 28.8 Å². The number of nitrogens with zero attached hydrogens (tertiary/aromatic N) is 2. The van der Waals surface area contributed by atoms with Gasteiger partial charge in [-0.2, -0.15) is 0 Å². The Labute approximate surface area is 154 Å². The second kappa shape index (κ2) is 7.27. The first-order valence-corrected chi connectivity index (χ1v) is 9.75. The number of carbonyl (C=O) groups is 1. The fraction of sp³-hybridized carbons (Fsp3) is 0.600. The van der Waals surface area contributed by atoms with Gasteiger partial charge in [0, 0.05) is 12.6 Å². The summed E-state index contributed by atoms with van der Waals surface area (Å²) in [6.07, 6.45) is 5.33. The van der Waals surface area contributed by atoms with E-state index in [1.54, 1.807) is 0 Å². The molecular weight excluding hydrogens is 328 g/mol. The molecule has 0 saturated heterocycles. The van der Waals surface area contributed by atoms with Crippen LogP contribution in [0.15, 0.2) is 24.3 Å². The van der Waals surface area contributed by atoms with Gasteiger partial charge in [0.2, 0.25) is 11.9 Å². The Morgan fingerprint density at radius 2 is 2.19 bits per heavy atom. The predicted molar refractivity (Wildman–Crippen MR) is 102 cm³/mol. The summed E-state index contributed by atoms with van der Waals surface area (Å²) in [6.45, 7) is 2.82. The summed E-state index contributed by atoms with van der Waals surface area (Å²) in [7, 11) is 0. The van der Waals surface area contributed by atoms with Crippen LogP contribution in [0.5, 0.6) is 0 Å². The van der Waals surface area contributed by atoms with Crippen LogP contribution in [0.1, 0.15) is 32.6 Å². The lowest BCUT2D eigenvalue weighted by Crippen LogP contribution is -2.41. The molecule has 0 spiro atoms. The fourth-order valence-corrected chi connectivity index (χ4v) is 4.99. The van der Waals surface area contributed by atoms with Crippen LogP contribution in [-0.2, 0) is 11.3 Å². The number of aromatic nitrogens is 2. The van der Waals surface area contributed by atoms with Crippen molar-refractivity contribution in [1.82, 2.24) is 14.9 Å². The Morgan fingerprint density at radius 1 is 1.35 bits per heavy atom. The normalized spacial score (nSPS) is 25.5. The van der Waals surface area contributed by atoms with Crippen molar-refractivity contribution < 1.29 is 9.90 Å². The molecule has 2 aromatic rings. The maximum absolute atomic E-state index is 12.7. The molecule has 6 heteroatoms. The van der Waals surface area contributed by atoms with Gasteiger partial charge in [-0.05, 0) is 56.1 Å². The van der Waals surface area contributed by atoms with Crippen LogP contribution in [0.4, 0.5) is 5.95 Å². The Hall–Kier alpha value is -2.08. The first-order chi connectivity index (χ1) is 12.7. The van der Waals surface area contributed by atoms with Crippen molar-refractivity contribution in [2.45, 2.75) is 45.2 Å². The summed E-state index contributed by atoms with van der Waals surface area (Å²) in [6, 6.07) is 8.02. The van der Waals surface area contributed by atoms with Crippen molar-refractivity contribution in [3.63, 3.8) is 0 Å². The second-order valence-electron chi connectivity index (χ2n) is 7.86. The van der Waals surface area contributed by atoms with Crippen molar-refractivity contribution in [1.29, 1.82) is 0 Å². The van der Waals surface area contributed by atoms with E-state index in [9.17, 15) is 4.79 Å². The zero-order valence-corrected chi connectivity index (χ0v) is 15.3. The van der Waals surface area contributed by atoms with Gasteiger partial charge < -0.3 is 20.3 Å². The smallest absolute Gasteiger partial charge is 0.240 e. The summed E-state index contributed by atoms with van der Waals surface area (Å²) in [5.41, 5.74) is 1.78. The van der Waals surface area contributed by atoms with Crippen LogP contribution in [0.2, 0.25) is 0 Å². The topological polar surface area (TPSA) is 79.2 Å². The first-order valence-electron chi connectivity index (χ1n) is 9.75. The average Bonchev–Trinajstić information content (AvgIpc) is 3.34. The van der Waals surface area contributed by atoms with E-state index in [1.165, 1.54) is 25.7 Å². The number of rotatable bonds is 7. The first kappa shape index (κ1) is 17.3. The van der Waals surface area contributed by atoms with Gasteiger partial charge in [0.15, 0.2) is 0 Å². The molecule has 1 heterocycles. The summed E-state index contributed by atoms with van der Waals surface area (Å²) in [4.78, 5) is 17.3. The molecule has 1 aromatic carbocycles. The molecule has 0 unspecified atom stereocenters. The summed E-state index contributed by atoms with van der Waals surface area (Å²) >= 11 is 0. The quantitative estimate of drug-likeness (QED) is 0.712. The largest absolute Gasteiger partial charge is 0.395 e. The van der Waals surface area contributed by atoms with Crippen molar-refractivity contribution in [2.24, 2.45) is 17.8 Å². The van der Waals surface area contributed by atoms with Crippen LogP contribution in [0.25, 0.3) is 11.0 Å². The van der Waals surface area contributed by atoms with E-state index in [0.717, 1.165) is 22.9 Å². The number of benzene rings is 1. The van der Waals surface area contributed by atoms with Gasteiger partial charge in [-0.25, -0.2) is 4.98 Å². The molecule has 1 aromatic heterocycles. The Morgan fingerprint density at radius 3 is 2.92 bits per heavy atom. The summed E-state index contributed by atoms with van der Waals surface area (Å²) < 4.78 is 1.90. The van der Waals surface area contributed by atoms with Crippen LogP contribution in [-0.4, -0.2) is 39.8 Å². The van der Waals surface area contributed by atoms with Gasteiger partial charge in [-0.1, -0.05) is 18.6 Å². The third kappa shape index (κ3) is 3.30. The lowest BCUT2D eigenvalue weighted by atomic mass is 9.84. The standard InChI is InChI=1S/C20H28N4O2/c1-13(16-11-14-6-7-15(16)10-14)22-19(26)12-24-18-5-3-2-4-17(18)23-20(24)21-8-9-25/h2-5,13-16,25H,6-12H2,1H3,(H,21,23)(H,22,26)/t13-,14-,15-,16-/m0/s1. The van der Waals surface area contributed by atoms with Gasteiger partial charge in [0.25, 0.3) is 0 Å². The van der Waals surface area contributed by atoms with Gasteiger partial charge in [0.05, 0.1) is 17.6 Å². The number of aliphatic hydroxyl groups excluding tert-OH is 1. The number of aliphatic hydroxyl groups is 1. The van der Waals surface area contributed by atoms with E-state index < -0.39 is 0 Å². The van der Waals surface area contributed by atoms with E-state index >= 15 is 0 Å². The number of hydrogen-bond acceptors (Lipinski definition) is 4. The number of anilines is 1. The van der Waals surface area contributed by atoms with Crippen LogP contribution < -0.4 is 10.6 Å². The number of fused-ring (bicyclic) bond motifs is 3. The van der Waals surface area contributed by atoms with Gasteiger partial charge in [0.1, 0.15) is 6.54 Å². The Balaban J connectivity index is 1.46. The number of carbonyl (C=O) groups excluding carboxylic acids is 1. The van der Waals surface area contributed by atoms with Gasteiger partial charge in [-0.3, -0.25) is 4.79 Å². The predicted octanol–water partition coefficient (Wildman–Crippen LogP) is 2.38. The van der Waals surface area contributed by atoms with Crippen molar-refractivity contribution >= 4 is 22.9 Å². The minimum absolute atomic E-state index is 0.0236. The molecule has 2 bridgehead atoms. The number of nitrogens with one attached hydrogen (secondary N) is 2. The maximum atomic E-state index is 12.7. The summed E-state index contributed by atoms with van der Waals surface area (Å²) in [5.74, 6) is 2.96. The second-order valence-corrected chi connectivity index (χ2v) is 7.86. The molecule has 140 valence electrons. The van der Waals surface area contributed by atoms with Gasteiger partial charge >= 0.3 is 0 Å². The molecule has 2 saturated carbocycles. The molecule has 2 aliphatic rings. The Bertz CT molecular complexity index is 787. The van der Waals surface area contributed by atoms with Crippen molar-refractivity contribution in [3.8, 4) is 0 Å². The molecule has 1 amide bonds. The molecule has 0 aliphatic heterocycles. The van der Waals surface area contributed by atoms with E-state index in [4.69, 9.17) is 5.11 Å². The maximum Gasteiger partial charge on any atom is 0.240 e. The monoisotopic (exact) mass is 356 g/mol. The third-order valence-corrected chi connectivity index (χ3v) is 6.17. The molecule has 6 nitrogen and oxygen atoms in total. The van der Waals surface area contributed by atoms with Gasteiger partial charge in [-0.15, -0.1) is 0 Å². The number of hydrogen-bond donors (Lipinski definition) is 3. The minimum atomic E-state index is 0.0236. The number of imidazole rings is 1. The highest BCUT2D eigenvalue weighted by atomic mass is 16.3. The molecular formula is C20H28N4O2. The molecule has 4 atom stereocenters. The minimum Gasteiger partial charge on any atom is -0.395 e. The zero-order chi connectivity index (χ0) is 18.1. The molecule has 0 radical (unpaired) electrons. The van der Waals surface area contributed by atoms with E-state index in [0.29, 0.717) is 18.4 Å². The summed E-state index contributed by atoms with van der Waals surface area (Å²) in [5, 5.41) is 15.4. The van der Waals surface area contributed by atoms with Crippen LogP contribution >= 0.6 is 0 Å². The van der Waals surface area contributed by atoms with Crippen LogP contribution in [0, 0.1) is 17.8 Å². The number of amides is 1. The lowest BCUT2D eigenvalue weighted by Gasteiger charge is -2.28. The molecule has 2 fully saturated rings. The van der Waals surface area contributed by atoms with Crippen molar-refractivity contribution in [3.05, 3.63) is 24.3 Å². The average molecular weight is 356 g/mol. The SMILES string of the molecule is C[C@H](NC(=O)Cn1c(NCCO)nc2ccccc21)[C@@H]1C[C@H]2CC[C@H]1C2. The Kier molecular flexibility index (Phi) is 4.85. The molecule has 3 N–H and O–H groups in total. The van der Waals surface area contributed by atoms with Crippen LogP contribution in [0.3, 0.4) is 0 Å².